The minimum absolute atomic E-state index is 0.257. The van der Waals surface area contributed by atoms with Crippen molar-refractivity contribution in [2.45, 2.75) is 39.5 Å². The summed E-state index contributed by atoms with van der Waals surface area (Å²) in [6.45, 7) is 6.99. The third kappa shape index (κ3) is 4.01. The van der Waals surface area contributed by atoms with Crippen molar-refractivity contribution in [3.63, 3.8) is 0 Å². The second-order valence-electron chi connectivity index (χ2n) is 3.76. The van der Waals surface area contributed by atoms with Gasteiger partial charge in [-0.15, -0.1) is 0 Å². The van der Waals surface area contributed by atoms with E-state index in [0.717, 1.165) is 26.1 Å². The van der Waals surface area contributed by atoms with Gasteiger partial charge >= 0.3 is 0 Å². The maximum Gasteiger partial charge on any atom is 0.0948 e. The second kappa shape index (κ2) is 6.58. The molecule has 0 saturated carbocycles. The van der Waals surface area contributed by atoms with Crippen LogP contribution in [0.4, 0.5) is 0 Å². The zero-order valence-corrected chi connectivity index (χ0v) is 9.86. The fourth-order valence-corrected chi connectivity index (χ4v) is 1.42. The molecule has 1 atom stereocenters. The van der Waals surface area contributed by atoms with Crippen LogP contribution in [0.15, 0.2) is 12.5 Å². The number of nitrogens with zero attached hydrogens (tertiary/aromatic N) is 2. The number of methoxy groups -OCH3 is 1. The zero-order chi connectivity index (χ0) is 11.1. The monoisotopic (exact) mass is 211 g/mol. The molecular formula is C11H21N3O. The summed E-state index contributed by atoms with van der Waals surface area (Å²) in [5.74, 6) is 0. The van der Waals surface area contributed by atoms with Gasteiger partial charge in [0.05, 0.1) is 18.1 Å². The van der Waals surface area contributed by atoms with E-state index in [0.29, 0.717) is 0 Å². The lowest BCUT2D eigenvalue weighted by Gasteiger charge is -2.11. The molecule has 0 aliphatic carbocycles. The summed E-state index contributed by atoms with van der Waals surface area (Å²) in [4.78, 5) is 4.15. The van der Waals surface area contributed by atoms with Crippen LogP contribution >= 0.6 is 0 Å². The standard InChI is InChI=1S/C11H21N3O/c1-4-5-14-9-13-8-11(14)7-12-6-10(2)15-3/h8-10,12H,4-7H2,1-3H3. The lowest BCUT2D eigenvalue weighted by atomic mass is 10.3. The van der Waals surface area contributed by atoms with Crippen molar-refractivity contribution in [3.05, 3.63) is 18.2 Å². The minimum atomic E-state index is 0.257. The first-order chi connectivity index (χ1) is 7.27. The predicted molar refractivity (Wildman–Crippen MR) is 60.7 cm³/mol. The topological polar surface area (TPSA) is 39.1 Å². The molecule has 0 bridgehead atoms. The summed E-state index contributed by atoms with van der Waals surface area (Å²) >= 11 is 0. The molecule has 15 heavy (non-hydrogen) atoms. The van der Waals surface area contributed by atoms with Crippen molar-refractivity contribution >= 4 is 0 Å². The van der Waals surface area contributed by atoms with E-state index in [9.17, 15) is 0 Å². The summed E-state index contributed by atoms with van der Waals surface area (Å²) in [6, 6.07) is 0. The fraction of sp³-hybridized carbons (Fsp3) is 0.727. The number of aromatic nitrogens is 2. The Morgan fingerprint density at radius 2 is 2.40 bits per heavy atom. The highest BCUT2D eigenvalue weighted by molar-refractivity contribution is 4.97. The van der Waals surface area contributed by atoms with Crippen LogP contribution in [0.25, 0.3) is 0 Å². The Balaban J connectivity index is 2.33. The Labute approximate surface area is 91.7 Å². The minimum Gasteiger partial charge on any atom is -0.380 e. The van der Waals surface area contributed by atoms with Crippen molar-refractivity contribution in [2.75, 3.05) is 13.7 Å². The lowest BCUT2D eigenvalue weighted by Crippen LogP contribution is -2.26. The average Bonchev–Trinajstić information content (AvgIpc) is 2.66. The number of nitrogens with one attached hydrogen (secondary N) is 1. The highest BCUT2D eigenvalue weighted by atomic mass is 16.5. The number of hydrogen-bond acceptors (Lipinski definition) is 3. The van der Waals surface area contributed by atoms with Crippen molar-refractivity contribution < 1.29 is 4.74 Å². The summed E-state index contributed by atoms with van der Waals surface area (Å²) in [7, 11) is 1.73. The van der Waals surface area contributed by atoms with Gasteiger partial charge in [-0.2, -0.15) is 0 Å². The van der Waals surface area contributed by atoms with Gasteiger partial charge in [0.15, 0.2) is 0 Å². The smallest absolute Gasteiger partial charge is 0.0948 e. The molecule has 1 aromatic rings. The highest BCUT2D eigenvalue weighted by Gasteiger charge is 2.02. The fourth-order valence-electron chi connectivity index (χ4n) is 1.42. The molecule has 1 aromatic heterocycles. The third-order valence-corrected chi connectivity index (χ3v) is 2.40. The lowest BCUT2D eigenvalue weighted by molar-refractivity contribution is 0.117. The van der Waals surface area contributed by atoms with Crippen LogP contribution in [0.1, 0.15) is 26.0 Å². The van der Waals surface area contributed by atoms with Crippen molar-refractivity contribution in [3.8, 4) is 0 Å². The zero-order valence-electron chi connectivity index (χ0n) is 9.86. The molecule has 86 valence electrons. The molecule has 0 fully saturated rings. The maximum atomic E-state index is 5.16. The molecule has 1 rings (SSSR count). The van der Waals surface area contributed by atoms with Gasteiger partial charge in [0.1, 0.15) is 0 Å². The van der Waals surface area contributed by atoms with Crippen LogP contribution in [0.2, 0.25) is 0 Å². The predicted octanol–water partition coefficient (Wildman–Crippen LogP) is 1.42. The molecular weight excluding hydrogens is 190 g/mol. The Morgan fingerprint density at radius 1 is 1.60 bits per heavy atom. The van der Waals surface area contributed by atoms with E-state index in [1.165, 1.54) is 5.69 Å². The van der Waals surface area contributed by atoms with Gasteiger partial charge in [-0.05, 0) is 13.3 Å². The van der Waals surface area contributed by atoms with Gasteiger partial charge in [-0.25, -0.2) is 4.98 Å². The normalized spacial score (nSPS) is 13.0. The van der Waals surface area contributed by atoms with Crippen LogP contribution in [0, 0.1) is 0 Å². The van der Waals surface area contributed by atoms with Gasteiger partial charge < -0.3 is 14.6 Å². The van der Waals surface area contributed by atoms with Gasteiger partial charge in [0.25, 0.3) is 0 Å². The molecule has 0 saturated heterocycles. The van der Waals surface area contributed by atoms with Gasteiger partial charge in [-0.1, -0.05) is 6.92 Å². The van der Waals surface area contributed by atoms with E-state index in [1.54, 1.807) is 7.11 Å². The maximum absolute atomic E-state index is 5.16. The van der Waals surface area contributed by atoms with Crippen molar-refractivity contribution in [1.29, 1.82) is 0 Å². The summed E-state index contributed by atoms with van der Waals surface area (Å²) in [5.41, 5.74) is 1.24. The van der Waals surface area contributed by atoms with Crippen LogP contribution < -0.4 is 5.32 Å². The molecule has 1 unspecified atom stereocenters. The number of hydrogen-bond donors (Lipinski definition) is 1. The highest BCUT2D eigenvalue weighted by Crippen LogP contribution is 2.00. The van der Waals surface area contributed by atoms with Crippen LogP contribution in [0.5, 0.6) is 0 Å². The molecule has 0 aliphatic heterocycles. The van der Waals surface area contributed by atoms with Crippen molar-refractivity contribution in [1.82, 2.24) is 14.9 Å². The van der Waals surface area contributed by atoms with E-state index < -0.39 is 0 Å². The Hall–Kier alpha value is -0.870. The van der Waals surface area contributed by atoms with Gasteiger partial charge in [0, 0.05) is 32.9 Å². The summed E-state index contributed by atoms with van der Waals surface area (Å²) < 4.78 is 7.35. The third-order valence-electron chi connectivity index (χ3n) is 2.40. The van der Waals surface area contributed by atoms with Crippen LogP contribution in [-0.4, -0.2) is 29.3 Å². The van der Waals surface area contributed by atoms with Crippen molar-refractivity contribution in [2.24, 2.45) is 0 Å². The largest absolute Gasteiger partial charge is 0.380 e. The molecule has 0 aromatic carbocycles. The summed E-state index contributed by atoms with van der Waals surface area (Å²) in [6.07, 6.45) is 5.20. The van der Waals surface area contributed by atoms with E-state index in [4.69, 9.17) is 4.74 Å². The van der Waals surface area contributed by atoms with Gasteiger partial charge in [-0.3, -0.25) is 0 Å². The molecule has 1 N–H and O–H groups in total. The average molecular weight is 211 g/mol. The SMILES string of the molecule is CCCn1cncc1CNCC(C)OC. The first-order valence-electron chi connectivity index (χ1n) is 5.50. The number of ether oxygens (including phenoxy) is 1. The van der Waals surface area contributed by atoms with Crippen LogP contribution in [0.3, 0.4) is 0 Å². The molecule has 0 radical (unpaired) electrons. The number of aryl methyl sites for hydroxylation is 1. The second-order valence-corrected chi connectivity index (χ2v) is 3.76. The van der Waals surface area contributed by atoms with E-state index >= 15 is 0 Å². The number of imidazole rings is 1. The Bertz CT molecular complexity index is 273. The molecule has 1 heterocycles. The Kier molecular flexibility index (Phi) is 5.36. The van der Waals surface area contributed by atoms with E-state index in [-0.39, 0.29) is 6.10 Å². The van der Waals surface area contributed by atoms with E-state index in [2.05, 4.69) is 28.7 Å². The molecule has 4 heteroatoms. The summed E-state index contributed by atoms with van der Waals surface area (Å²) in [5, 5.41) is 3.35. The molecule has 0 amide bonds. The van der Waals surface area contributed by atoms with Gasteiger partial charge in [0.2, 0.25) is 0 Å². The van der Waals surface area contributed by atoms with Crippen LogP contribution in [-0.2, 0) is 17.8 Å². The van der Waals surface area contributed by atoms with E-state index in [1.807, 2.05) is 12.5 Å². The number of rotatable bonds is 7. The molecule has 0 aliphatic rings. The first kappa shape index (κ1) is 12.2. The quantitative estimate of drug-likeness (QED) is 0.741. The molecule has 4 nitrogen and oxygen atoms in total. The first-order valence-corrected chi connectivity index (χ1v) is 5.50. The molecule has 0 spiro atoms. The Morgan fingerprint density at radius 3 is 3.07 bits per heavy atom.